The number of likely N-dealkylation sites (N-methyl/N-ethyl adjacent to an activating group) is 1. The van der Waals surface area contributed by atoms with Gasteiger partial charge < -0.3 is 20.3 Å². The number of aromatic nitrogens is 4. The Morgan fingerprint density at radius 3 is 2.71 bits per heavy atom. The lowest BCUT2D eigenvalue weighted by Crippen LogP contribution is -2.21. The summed E-state index contributed by atoms with van der Waals surface area (Å²) in [7, 11) is 2.91. The summed E-state index contributed by atoms with van der Waals surface area (Å²) in [4.78, 5) is 23.2. The van der Waals surface area contributed by atoms with Gasteiger partial charge in [0.1, 0.15) is 0 Å². The lowest BCUT2D eigenvalue weighted by atomic mass is 10.0. The van der Waals surface area contributed by atoms with Gasteiger partial charge in [-0.1, -0.05) is 6.92 Å². The fourth-order valence-corrected chi connectivity index (χ4v) is 4.14. The van der Waals surface area contributed by atoms with Gasteiger partial charge >= 0.3 is 0 Å². The number of likely N-dealkylation sites (tertiary alicyclic amines) is 1. The van der Waals surface area contributed by atoms with Crippen molar-refractivity contribution in [3.63, 3.8) is 0 Å². The van der Waals surface area contributed by atoms with Crippen LogP contribution in [0.2, 0.25) is 0 Å². The van der Waals surface area contributed by atoms with Crippen LogP contribution < -0.4 is 15.4 Å². The first-order valence-electron chi connectivity index (χ1n) is 11.4. The second kappa shape index (κ2) is 10.6. The molecule has 1 amide bonds. The highest BCUT2D eigenvalue weighted by Gasteiger charge is 2.23. The highest BCUT2D eigenvalue weighted by atomic mass is 19.1. The fourth-order valence-electron chi connectivity index (χ4n) is 4.14. The van der Waals surface area contributed by atoms with E-state index < -0.39 is 5.82 Å². The predicted molar refractivity (Wildman–Crippen MR) is 127 cm³/mol. The number of benzene rings is 1. The molecule has 0 spiro atoms. The lowest BCUT2D eigenvalue weighted by molar-refractivity contribution is 0.0962. The lowest BCUT2D eigenvalue weighted by Gasteiger charge is -2.13. The summed E-state index contributed by atoms with van der Waals surface area (Å²) in [5, 5.41) is 10.2. The number of amides is 1. The third-order valence-corrected chi connectivity index (χ3v) is 6.14. The van der Waals surface area contributed by atoms with E-state index in [4.69, 9.17) is 4.74 Å². The molecule has 1 aliphatic rings. The molecule has 3 heterocycles. The molecule has 0 radical (unpaired) electrons. The number of nitrogens with zero attached hydrogens (tertiary/aromatic N) is 5. The highest BCUT2D eigenvalue weighted by Crippen LogP contribution is 2.25. The number of hydrogen-bond acceptors (Lipinski definition) is 7. The van der Waals surface area contributed by atoms with Gasteiger partial charge in [0.25, 0.3) is 5.91 Å². The summed E-state index contributed by atoms with van der Waals surface area (Å²) in [5.74, 6) is -0.236. The molecule has 0 aliphatic carbocycles. The highest BCUT2D eigenvalue weighted by molar-refractivity contribution is 5.94. The summed E-state index contributed by atoms with van der Waals surface area (Å²) >= 11 is 0. The van der Waals surface area contributed by atoms with Gasteiger partial charge in [0.2, 0.25) is 5.95 Å². The van der Waals surface area contributed by atoms with E-state index in [-0.39, 0.29) is 11.7 Å². The molecule has 4 rings (SSSR count). The first-order chi connectivity index (χ1) is 16.5. The Balaban J connectivity index is 1.37. The molecule has 0 bridgehead atoms. The molecule has 180 valence electrons. The van der Waals surface area contributed by atoms with Gasteiger partial charge in [-0.15, -0.1) is 0 Å². The van der Waals surface area contributed by atoms with E-state index in [0.29, 0.717) is 36.0 Å². The van der Waals surface area contributed by atoms with Gasteiger partial charge in [0.15, 0.2) is 11.6 Å². The molecule has 34 heavy (non-hydrogen) atoms. The van der Waals surface area contributed by atoms with Gasteiger partial charge in [0.05, 0.1) is 25.0 Å². The minimum Gasteiger partial charge on any atom is -0.494 e. The maximum atomic E-state index is 14.7. The van der Waals surface area contributed by atoms with Crippen molar-refractivity contribution in [1.29, 1.82) is 0 Å². The molecular weight excluding hydrogens is 437 g/mol. The molecule has 2 aromatic heterocycles. The average molecular weight is 468 g/mol. The van der Waals surface area contributed by atoms with E-state index in [1.807, 2.05) is 10.9 Å². The number of nitrogens with one attached hydrogen (secondary N) is 2. The summed E-state index contributed by atoms with van der Waals surface area (Å²) in [5.41, 5.74) is 2.45. The van der Waals surface area contributed by atoms with Gasteiger partial charge in [-0.25, -0.2) is 14.4 Å². The summed E-state index contributed by atoms with van der Waals surface area (Å²) in [6.07, 6.45) is 9.19. The quantitative estimate of drug-likeness (QED) is 0.499. The van der Waals surface area contributed by atoms with Gasteiger partial charge in [-0.2, -0.15) is 5.10 Å². The van der Waals surface area contributed by atoms with E-state index in [1.54, 1.807) is 24.7 Å². The monoisotopic (exact) mass is 467 g/mol. The Hall–Kier alpha value is -3.53. The normalized spacial score (nSPS) is 15.9. The number of carbonyl (C=O) groups excluding carboxylic acids is 1. The second-order valence-corrected chi connectivity index (χ2v) is 8.32. The van der Waals surface area contributed by atoms with Crippen LogP contribution in [0.4, 0.5) is 16.0 Å². The number of methoxy groups -OCH3 is 1. The molecule has 1 aliphatic heterocycles. The Labute approximate surface area is 198 Å². The number of ether oxygens (including phenoxy) is 1. The molecule has 0 saturated carbocycles. The minimum absolute atomic E-state index is 0.0486. The molecule has 2 N–H and O–H groups in total. The first-order valence-corrected chi connectivity index (χ1v) is 11.4. The van der Waals surface area contributed by atoms with Crippen LogP contribution in [0.25, 0.3) is 0 Å². The summed E-state index contributed by atoms with van der Waals surface area (Å²) < 4.78 is 21.8. The second-order valence-electron chi connectivity index (χ2n) is 8.32. The van der Waals surface area contributed by atoms with Gasteiger partial charge in [-0.3, -0.25) is 9.48 Å². The third-order valence-electron chi connectivity index (χ3n) is 6.14. The maximum Gasteiger partial charge on any atom is 0.251 e. The van der Waals surface area contributed by atoms with Crippen molar-refractivity contribution in [3.05, 3.63) is 59.4 Å². The molecule has 0 unspecified atom stereocenters. The predicted octanol–water partition coefficient (Wildman–Crippen LogP) is 2.98. The SMILES string of the molecule is CCN1CC[C@@H](n2cc(Nc3ncc(CCc4cc(C(=O)NC)cc(OC)c4F)cn3)cn2)C1. The van der Waals surface area contributed by atoms with Crippen LogP contribution in [0, 0.1) is 5.82 Å². The maximum absolute atomic E-state index is 14.7. The van der Waals surface area contributed by atoms with Gasteiger partial charge in [0, 0.05) is 44.3 Å². The fraction of sp³-hybridized carbons (Fsp3) is 0.417. The molecular formula is C24H30FN7O2. The number of anilines is 2. The summed E-state index contributed by atoms with van der Waals surface area (Å²) in [6, 6.07) is 3.34. The third kappa shape index (κ3) is 5.33. The zero-order valence-corrected chi connectivity index (χ0v) is 19.7. The van der Waals surface area contributed by atoms with E-state index >= 15 is 0 Å². The molecule has 9 nitrogen and oxygen atoms in total. The Kier molecular flexibility index (Phi) is 7.36. The van der Waals surface area contributed by atoms with Crippen LogP contribution in [0.15, 0.2) is 36.9 Å². The Bertz CT molecular complexity index is 1130. The number of hydrogen-bond donors (Lipinski definition) is 2. The van der Waals surface area contributed by atoms with Crippen molar-refractivity contribution >= 4 is 17.5 Å². The minimum atomic E-state index is -0.462. The number of halogens is 1. The van der Waals surface area contributed by atoms with Crippen LogP contribution >= 0.6 is 0 Å². The number of carbonyl (C=O) groups is 1. The van der Waals surface area contributed by atoms with E-state index in [9.17, 15) is 9.18 Å². The molecule has 1 aromatic carbocycles. The molecule has 10 heteroatoms. The van der Waals surface area contributed by atoms with Crippen molar-refractivity contribution in [2.24, 2.45) is 0 Å². The standard InChI is InChI=1S/C24H30FN7O2/c1-4-31-8-7-20(15-31)32-14-19(13-29-32)30-24-27-11-16(12-28-24)5-6-17-9-18(23(33)26-2)10-21(34-3)22(17)25/h9-14,20H,4-8,15H2,1-3H3,(H,26,33)(H,27,28,30)/t20-/m1/s1. The van der Waals surface area contributed by atoms with Crippen molar-refractivity contribution < 1.29 is 13.9 Å². The van der Waals surface area contributed by atoms with Crippen LogP contribution in [0.5, 0.6) is 5.75 Å². The van der Waals surface area contributed by atoms with Crippen LogP contribution in [0.3, 0.4) is 0 Å². The Morgan fingerprint density at radius 2 is 2.03 bits per heavy atom. The number of rotatable bonds is 9. The van der Waals surface area contributed by atoms with E-state index in [1.165, 1.54) is 20.2 Å². The Morgan fingerprint density at radius 1 is 1.24 bits per heavy atom. The number of aryl methyl sites for hydroxylation is 2. The van der Waals surface area contributed by atoms with E-state index in [0.717, 1.165) is 37.3 Å². The summed E-state index contributed by atoms with van der Waals surface area (Å²) in [6.45, 7) is 5.35. The first kappa shape index (κ1) is 23.6. The van der Waals surface area contributed by atoms with Crippen molar-refractivity contribution in [1.82, 2.24) is 30.0 Å². The molecule has 1 saturated heterocycles. The zero-order chi connectivity index (χ0) is 24.1. The van der Waals surface area contributed by atoms with E-state index in [2.05, 4.69) is 37.5 Å². The van der Waals surface area contributed by atoms with Crippen molar-refractivity contribution in [3.8, 4) is 5.75 Å². The smallest absolute Gasteiger partial charge is 0.251 e. The van der Waals surface area contributed by atoms with Crippen LogP contribution in [-0.4, -0.2) is 64.3 Å². The van der Waals surface area contributed by atoms with Crippen molar-refractivity contribution in [2.45, 2.75) is 32.2 Å². The topological polar surface area (TPSA) is 97.2 Å². The van der Waals surface area contributed by atoms with Crippen molar-refractivity contribution in [2.75, 3.05) is 39.1 Å². The molecule has 3 aromatic rings. The van der Waals surface area contributed by atoms with Crippen LogP contribution in [-0.2, 0) is 12.8 Å². The molecule has 1 atom stereocenters. The van der Waals surface area contributed by atoms with Crippen LogP contribution in [0.1, 0.15) is 40.9 Å². The zero-order valence-electron chi connectivity index (χ0n) is 19.7. The largest absolute Gasteiger partial charge is 0.494 e. The molecule has 1 fully saturated rings. The van der Waals surface area contributed by atoms with Gasteiger partial charge in [-0.05, 0) is 49.1 Å². The average Bonchev–Trinajstić information content (AvgIpc) is 3.53.